The first-order chi connectivity index (χ1) is 13.5. The van der Waals surface area contributed by atoms with E-state index in [9.17, 15) is 9.59 Å². The molecule has 0 radical (unpaired) electrons. The van der Waals surface area contributed by atoms with Crippen molar-refractivity contribution in [3.8, 4) is 11.5 Å². The smallest absolute Gasteiger partial charge is 0.242 e. The topological polar surface area (TPSA) is 67.9 Å². The van der Waals surface area contributed by atoms with Crippen LogP contribution in [0.15, 0.2) is 42.5 Å². The van der Waals surface area contributed by atoms with Gasteiger partial charge in [-0.3, -0.25) is 9.59 Å². The van der Waals surface area contributed by atoms with Crippen molar-refractivity contribution < 1.29 is 19.1 Å². The summed E-state index contributed by atoms with van der Waals surface area (Å²) >= 11 is 0. The van der Waals surface area contributed by atoms with Crippen LogP contribution < -0.4 is 14.8 Å². The first-order valence-corrected chi connectivity index (χ1v) is 9.43. The lowest BCUT2D eigenvalue weighted by Crippen LogP contribution is -2.46. The highest BCUT2D eigenvalue weighted by Crippen LogP contribution is 2.32. The molecular formula is C22H26N2O4. The van der Waals surface area contributed by atoms with Gasteiger partial charge in [0.15, 0.2) is 11.5 Å². The lowest BCUT2D eigenvalue weighted by atomic mass is 10.1. The standard InChI is InChI=1S/C22H26N2O4/c1-15-4-6-18(7-5-15)13-24(16(2)22(26)23-3)21(25)11-9-17-8-10-19-20(12-17)28-14-27-19/h4-8,10,12,16H,9,11,13-14H2,1-3H3,(H,23,26)/t16-/m0/s1. The molecule has 0 unspecified atom stereocenters. The minimum absolute atomic E-state index is 0.0608. The number of amides is 2. The molecule has 3 rings (SSSR count). The van der Waals surface area contributed by atoms with Gasteiger partial charge in [0.25, 0.3) is 0 Å². The third-order valence-electron chi connectivity index (χ3n) is 4.95. The Morgan fingerprint density at radius 1 is 1.07 bits per heavy atom. The van der Waals surface area contributed by atoms with E-state index in [-0.39, 0.29) is 18.6 Å². The van der Waals surface area contributed by atoms with Gasteiger partial charge < -0.3 is 19.7 Å². The second kappa shape index (κ2) is 8.78. The molecule has 2 aromatic carbocycles. The number of benzene rings is 2. The predicted molar refractivity (Wildman–Crippen MR) is 106 cm³/mol. The Balaban J connectivity index is 1.70. The summed E-state index contributed by atoms with van der Waals surface area (Å²) in [4.78, 5) is 26.8. The van der Waals surface area contributed by atoms with Gasteiger partial charge in [0.1, 0.15) is 6.04 Å². The maximum Gasteiger partial charge on any atom is 0.242 e. The molecule has 1 aliphatic rings. The van der Waals surface area contributed by atoms with E-state index in [0.717, 1.165) is 22.4 Å². The van der Waals surface area contributed by atoms with Crippen LogP contribution in [0.4, 0.5) is 0 Å². The van der Waals surface area contributed by atoms with E-state index in [0.29, 0.717) is 25.1 Å². The van der Waals surface area contributed by atoms with Gasteiger partial charge in [-0.15, -0.1) is 0 Å². The third-order valence-corrected chi connectivity index (χ3v) is 4.95. The minimum Gasteiger partial charge on any atom is -0.454 e. The number of hydrogen-bond donors (Lipinski definition) is 1. The van der Waals surface area contributed by atoms with Crippen molar-refractivity contribution in [2.24, 2.45) is 0 Å². The van der Waals surface area contributed by atoms with E-state index < -0.39 is 6.04 Å². The van der Waals surface area contributed by atoms with Gasteiger partial charge in [0.2, 0.25) is 18.6 Å². The van der Waals surface area contributed by atoms with Crippen LogP contribution in [0.2, 0.25) is 0 Å². The molecule has 0 saturated heterocycles. The van der Waals surface area contributed by atoms with Crippen molar-refractivity contribution >= 4 is 11.8 Å². The molecule has 6 heteroatoms. The number of hydrogen-bond acceptors (Lipinski definition) is 4. The molecule has 28 heavy (non-hydrogen) atoms. The van der Waals surface area contributed by atoms with Crippen molar-refractivity contribution in [3.63, 3.8) is 0 Å². The number of likely N-dealkylation sites (N-methyl/N-ethyl adjacent to an activating group) is 1. The van der Waals surface area contributed by atoms with E-state index in [1.165, 1.54) is 0 Å². The number of ether oxygens (including phenoxy) is 2. The van der Waals surface area contributed by atoms with Gasteiger partial charge in [-0.1, -0.05) is 35.9 Å². The monoisotopic (exact) mass is 382 g/mol. The van der Waals surface area contributed by atoms with Crippen molar-refractivity contribution in [2.45, 2.75) is 39.3 Å². The first kappa shape index (κ1) is 19.7. The van der Waals surface area contributed by atoms with Crippen LogP contribution in [0.3, 0.4) is 0 Å². The number of fused-ring (bicyclic) bond motifs is 1. The highest BCUT2D eigenvalue weighted by atomic mass is 16.7. The third kappa shape index (κ3) is 4.63. The highest BCUT2D eigenvalue weighted by molar-refractivity contribution is 5.87. The number of nitrogens with one attached hydrogen (secondary N) is 1. The molecule has 148 valence electrons. The second-order valence-corrected chi connectivity index (χ2v) is 6.99. The predicted octanol–water partition coefficient (Wildman–Crippen LogP) is 2.82. The molecule has 0 aliphatic carbocycles. The van der Waals surface area contributed by atoms with Crippen molar-refractivity contribution in [1.29, 1.82) is 0 Å². The Labute approximate surface area is 165 Å². The minimum atomic E-state index is -0.546. The quantitative estimate of drug-likeness (QED) is 0.800. The summed E-state index contributed by atoms with van der Waals surface area (Å²) in [5.74, 6) is 1.20. The summed E-state index contributed by atoms with van der Waals surface area (Å²) in [6, 6.07) is 13.2. The van der Waals surface area contributed by atoms with Crippen molar-refractivity contribution in [1.82, 2.24) is 10.2 Å². The average molecular weight is 382 g/mol. The van der Waals surface area contributed by atoms with Crippen LogP contribution in [-0.4, -0.2) is 36.6 Å². The fourth-order valence-corrected chi connectivity index (χ4v) is 3.17. The Bertz CT molecular complexity index is 848. The van der Waals surface area contributed by atoms with E-state index in [4.69, 9.17) is 9.47 Å². The van der Waals surface area contributed by atoms with Crippen LogP contribution in [0.1, 0.15) is 30.0 Å². The first-order valence-electron chi connectivity index (χ1n) is 9.43. The zero-order valence-electron chi connectivity index (χ0n) is 16.5. The van der Waals surface area contributed by atoms with Gasteiger partial charge in [-0.05, 0) is 43.5 Å². The molecule has 1 atom stereocenters. The molecule has 0 fully saturated rings. The molecule has 0 spiro atoms. The highest BCUT2D eigenvalue weighted by Gasteiger charge is 2.25. The van der Waals surface area contributed by atoms with Gasteiger partial charge in [-0.2, -0.15) is 0 Å². The van der Waals surface area contributed by atoms with Gasteiger partial charge in [-0.25, -0.2) is 0 Å². The number of aryl methyl sites for hydroxylation is 2. The molecule has 6 nitrogen and oxygen atoms in total. The number of carbonyl (C=O) groups excluding carboxylic acids is 2. The Hall–Kier alpha value is -3.02. The lowest BCUT2D eigenvalue weighted by Gasteiger charge is -2.28. The summed E-state index contributed by atoms with van der Waals surface area (Å²) < 4.78 is 10.7. The maximum absolute atomic E-state index is 13.0. The molecule has 1 N–H and O–H groups in total. The lowest BCUT2D eigenvalue weighted by molar-refractivity contribution is -0.140. The van der Waals surface area contributed by atoms with Crippen LogP contribution in [0.5, 0.6) is 11.5 Å². The zero-order valence-corrected chi connectivity index (χ0v) is 16.5. The maximum atomic E-state index is 13.0. The summed E-state index contributed by atoms with van der Waals surface area (Å²) in [6.45, 7) is 4.40. The van der Waals surface area contributed by atoms with Gasteiger partial charge in [0, 0.05) is 20.0 Å². The van der Waals surface area contributed by atoms with Crippen LogP contribution in [0, 0.1) is 6.92 Å². The Kier molecular flexibility index (Phi) is 6.19. The molecule has 0 aromatic heterocycles. The number of carbonyl (C=O) groups is 2. The second-order valence-electron chi connectivity index (χ2n) is 6.99. The molecule has 1 aliphatic heterocycles. The van der Waals surface area contributed by atoms with Crippen molar-refractivity contribution in [2.75, 3.05) is 13.8 Å². The molecule has 0 bridgehead atoms. The zero-order chi connectivity index (χ0) is 20.1. The van der Waals surface area contributed by atoms with E-state index >= 15 is 0 Å². The van der Waals surface area contributed by atoms with Crippen LogP contribution in [0.25, 0.3) is 0 Å². The average Bonchev–Trinajstić information content (AvgIpc) is 3.18. The van der Waals surface area contributed by atoms with E-state index in [1.807, 2.05) is 49.4 Å². The molecule has 1 heterocycles. The SMILES string of the molecule is CNC(=O)[C@H](C)N(Cc1ccc(C)cc1)C(=O)CCc1ccc2c(c1)OCO2. The molecule has 0 saturated carbocycles. The van der Waals surface area contributed by atoms with Gasteiger partial charge in [0.05, 0.1) is 0 Å². The number of rotatable bonds is 7. The molecule has 2 amide bonds. The van der Waals surface area contributed by atoms with Crippen LogP contribution >= 0.6 is 0 Å². The summed E-state index contributed by atoms with van der Waals surface area (Å²) in [5.41, 5.74) is 3.15. The van der Waals surface area contributed by atoms with Gasteiger partial charge >= 0.3 is 0 Å². The van der Waals surface area contributed by atoms with Crippen molar-refractivity contribution in [3.05, 3.63) is 59.2 Å². The molecule has 2 aromatic rings. The molecular weight excluding hydrogens is 356 g/mol. The normalized spacial score (nSPS) is 13.1. The van der Waals surface area contributed by atoms with E-state index in [1.54, 1.807) is 18.9 Å². The fourth-order valence-electron chi connectivity index (χ4n) is 3.17. The summed E-state index contributed by atoms with van der Waals surface area (Å²) in [7, 11) is 1.58. The van der Waals surface area contributed by atoms with Crippen LogP contribution in [-0.2, 0) is 22.6 Å². The summed E-state index contributed by atoms with van der Waals surface area (Å²) in [5, 5.41) is 2.63. The number of nitrogens with zero attached hydrogens (tertiary/aromatic N) is 1. The van der Waals surface area contributed by atoms with E-state index in [2.05, 4.69) is 5.32 Å². The summed E-state index contributed by atoms with van der Waals surface area (Å²) in [6.07, 6.45) is 0.882. The Morgan fingerprint density at radius 3 is 2.46 bits per heavy atom. The largest absolute Gasteiger partial charge is 0.454 e. The fraction of sp³-hybridized carbons (Fsp3) is 0.364. The Morgan fingerprint density at radius 2 is 1.75 bits per heavy atom.